The zero-order chi connectivity index (χ0) is 18.0. The van der Waals surface area contributed by atoms with Gasteiger partial charge in [0.15, 0.2) is 0 Å². The maximum atomic E-state index is 12.9. The number of carbonyl (C=O) groups excluding carboxylic acids is 2. The number of hydrogen-bond donors (Lipinski definition) is 0. The standard InChI is InChI=1S/C19H22N2O4/c1-3-20(4-2)18(23)15-9-7-11-21(15)17(22)14-12-13-8-5-6-10-16(13)25-19(14)24/h5-6,8,10,12,15H,3-4,7,9,11H2,1-2H3/t15-/m0/s1. The van der Waals surface area contributed by atoms with Gasteiger partial charge in [0, 0.05) is 25.0 Å². The van der Waals surface area contributed by atoms with Crippen LogP contribution in [0, 0.1) is 0 Å². The molecule has 0 saturated carbocycles. The quantitative estimate of drug-likeness (QED) is 0.799. The predicted octanol–water partition coefficient (Wildman–Crippen LogP) is 2.27. The van der Waals surface area contributed by atoms with Crippen LogP contribution in [-0.2, 0) is 4.79 Å². The van der Waals surface area contributed by atoms with Crippen LogP contribution in [0.5, 0.6) is 0 Å². The molecule has 1 aromatic carbocycles. The van der Waals surface area contributed by atoms with Crippen LogP contribution in [0.25, 0.3) is 11.0 Å². The number of likely N-dealkylation sites (N-methyl/N-ethyl adjacent to an activating group) is 1. The average molecular weight is 342 g/mol. The van der Waals surface area contributed by atoms with Gasteiger partial charge >= 0.3 is 5.63 Å². The fourth-order valence-corrected chi connectivity index (χ4v) is 3.38. The first-order chi connectivity index (χ1) is 12.1. The molecule has 132 valence electrons. The van der Waals surface area contributed by atoms with Crippen molar-refractivity contribution in [2.45, 2.75) is 32.7 Å². The van der Waals surface area contributed by atoms with E-state index < -0.39 is 17.6 Å². The third kappa shape index (κ3) is 3.16. The number of carbonyl (C=O) groups is 2. The summed E-state index contributed by atoms with van der Waals surface area (Å²) in [5.41, 5.74) is -0.233. The van der Waals surface area contributed by atoms with Gasteiger partial charge in [0.05, 0.1) is 0 Å². The Balaban J connectivity index is 1.93. The molecule has 6 nitrogen and oxygen atoms in total. The van der Waals surface area contributed by atoms with Crippen LogP contribution in [0.1, 0.15) is 37.0 Å². The minimum Gasteiger partial charge on any atom is -0.422 e. The molecule has 3 rings (SSSR count). The third-order valence-electron chi connectivity index (χ3n) is 4.75. The first-order valence-electron chi connectivity index (χ1n) is 8.69. The molecule has 0 aliphatic carbocycles. The fourth-order valence-electron chi connectivity index (χ4n) is 3.38. The van der Waals surface area contributed by atoms with Crippen molar-refractivity contribution in [2.24, 2.45) is 0 Å². The monoisotopic (exact) mass is 342 g/mol. The van der Waals surface area contributed by atoms with E-state index in [0.717, 1.165) is 6.42 Å². The maximum absolute atomic E-state index is 12.9. The molecule has 2 aromatic rings. The normalized spacial score (nSPS) is 17.0. The molecule has 1 fully saturated rings. The number of likely N-dealkylation sites (tertiary alicyclic amines) is 1. The van der Waals surface area contributed by atoms with Gasteiger partial charge in [-0.2, -0.15) is 0 Å². The maximum Gasteiger partial charge on any atom is 0.349 e. The summed E-state index contributed by atoms with van der Waals surface area (Å²) < 4.78 is 5.26. The van der Waals surface area contributed by atoms with Crippen LogP contribution in [0.4, 0.5) is 0 Å². The largest absolute Gasteiger partial charge is 0.422 e. The molecule has 2 heterocycles. The van der Waals surface area contributed by atoms with Crippen LogP contribution in [0.3, 0.4) is 0 Å². The van der Waals surface area contributed by atoms with Gasteiger partial charge in [-0.25, -0.2) is 4.79 Å². The Morgan fingerprint density at radius 1 is 1.24 bits per heavy atom. The first-order valence-corrected chi connectivity index (χ1v) is 8.69. The number of nitrogens with zero attached hydrogens (tertiary/aromatic N) is 2. The highest BCUT2D eigenvalue weighted by Gasteiger charge is 2.37. The van der Waals surface area contributed by atoms with E-state index in [2.05, 4.69) is 0 Å². The average Bonchev–Trinajstić information content (AvgIpc) is 3.11. The second kappa shape index (κ2) is 7.09. The molecule has 0 bridgehead atoms. The van der Waals surface area contributed by atoms with Crippen molar-refractivity contribution < 1.29 is 14.0 Å². The summed E-state index contributed by atoms with van der Waals surface area (Å²) in [7, 11) is 0. The van der Waals surface area contributed by atoms with Crippen molar-refractivity contribution in [1.82, 2.24) is 9.80 Å². The number of para-hydroxylation sites is 1. The Bertz CT molecular complexity index is 854. The lowest BCUT2D eigenvalue weighted by molar-refractivity contribution is -0.134. The summed E-state index contributed by atoms with van der Waals surface area (Å²) >= 11 is 0. The highest BCUT2D eigenvalue weighted by molar-refractivity contribution is 5.99. The van der Waals surface area contributed by atoms with Gasteiger partial charge in [-0.1, -0.05) is 18.2 Å². The molecule has 1 saturated heterocycles. The van der Waals surface area contributed by atoms with Gasteiger partial charge in [-0.15, -0.1) is 0 Å². The molecule has 6 heteroatoms. The Labute approximate surface area is 146 Å². The topological polar surface area (TPSA) is 70.8 Å². The summed E-state index contributed by atoms with van der Waals surface area (Å²) in [5, 5.41) is 0.691. The van der Waals surface area contributed by atoms with E-state index in [1.807, 2.05) is 19.9 Å². The second-order valence-electron chi connectivity index (χ2n) is 6.15. The minimum atomic E-state index is -0.662. The summed E-state index contributed by atoms with van der Waals surface area (Å²) in [6.45, 7) is 5.52. The molecule has 0 unspecified atom stereocenters. The van der Waals surface area contributed by atoms with Gasteiger partial charge in [0.1, 0.15) is 17.2 Å². The second-order valence-corrected chi connectivity index (χ2v) is 6.15. The molecule has 1 aliphatic heterocycles. The molecule has 0 spiro atoms. The molecule has 1 aromatic heterocycles. The SMILES string of the molecule is CCN(CC)C(=O)[C@@H]1CCCN1C(=O)c1cc2ccccc2oc1=O. The van der Waals surface area contributed by atoms with E-state index in [9.17, 15) is 14.4 Å². The van der Waals surface area contributed by atoms with Crippen LogP contribution in [-0.4, -0.2) is 47.3 Å². The molecule has 2 amide bonds. The Morgan fingerprint density at radius 2 is 1.96 bits per heavy atom. The van der Waals surface area contributed by atoms with E-state index >= 15 is 0 Å². The molecule has 0 N–H and O–H groups in total. The highest BCUT2D eigenvalue weighted by Crippen LogP contribution is 2.22. The van der Waals surface area contributed by atoms with Crippen LogP contribution < -0.4 is 5.63 Å². The summed E-state index contributed by atoms with van der Waals surface area (Å²) in [6, 6.07) is 8.12. The van der Waals surface area contributed by atoms with Gasteiger partial charge in [0.25, 0.3) is 5.91 Å². The van der Waals surface area contributed by atoms with E-state index in [1.54, 1.807) is 29.2 Å². The Hall–Kier alpha value is -2.63. The molecule has 1 aliphatic rings. The highest BCUT2D eigenvalue weighted by atomic mass is 16.4. The van der Waals surface area contributed by atoms with Crippen molar-refractivity contribution in [3.8, 4) is 0 Å². The van der Waals surface area contributed by atoms with Crippen LogP contribution >= 0.6 is 0 Å². The number of hydrogen-bond acceptors (Lipinski definition) is 4. The summed E-state index contributed by atoms with van der Waals surface area (Å²) in [5.74, 6) is -0.483. The van der Waals surface area contributed by atoms with Crippen molar-refractivity contribution in [3.05, 3.63) is 46.3 Å². The molecule has 25 heavy (non-hydrogen) atoms. The molecule has 0 radical (unpaired) electrons. The zero-order valence-electron chi connectivity index (χ0n) is 14.5. The molecular formula is C19H22N2O4. The van der Waals surface area contributed by atoms with Gasteiger partial charge in [0.2, 0.25) is 5.91 Å². The lowest BCUT2D eigenvalue weighted by Gasteiger charge is -2.28. The van der Waals surface area contributed by atoms with E-state index in [4.69, 9.17) is 4.42 Å². The van der Waals surface area contributed by atoms with E-state index in [-0.39, 0.29) is 11.5 Å². The van der Waals surface area contributed by atoms with E-state index in [1.165, 1.54) is 4.90 Å². The summed E-state index contributed by atoms with van der Waals surface area (Å²) in [4.78, 5) is 41.1. The predicted molar refractivity (Wildman–Crippen MR) is 94.5 cm³/mol. The van der Waals surface area contributed by atoms with Gasteiger partial charge in [-0.3, -0.25) is 9.59 Å². The first kappa shape index (κ1) is 17.2. The number of rotatable bonds is 4. The van der Waals surface area contributed by atoms with E-state index in [0.29, 0.717) is 37.0 Å². The minimum absolute atomic E-state index is 0.0158. The van der Waals surface area contributed by atoms with Crippen molar-refractivity contribution in [1.29, 1.82) is 0 Å². The van der Waals surface area contributed by atoms with Crippen molar-refractivity contribution in [3.63, 3.8) is 0 Å². The van der Waals surface area contributed by atoms with Crippen molar-refractivity contribution in [2.75, 3.05) is 19.6 Å². The van der Waals surface area contributed by atoms with Gasteiger partial charge in [-0.05, 0) is 38.8 Å². The Kier molecular flexibility index (Phi) is 4.88. The smallest absolute Gasteiger partial charge is 0.349 e. The third-order valence-corrected chi connectivity index (χ3v) is 4.75. The number of amides is 2. The van der Waals surface area contributed by atoms with Crippen LogP contribution in [0.15, 0.2) is 39.5 Å². The zero-order valence-corrected chi connectivity index (χ0v) is 14.5. The van der Waals surface area contributed by atoms with Crippen molar-refractivity contribution >= 4 is 22.8 Å². The Morgan fingerprint density at radius 3 is 2.68 bits per heavy atom. The van der Waals surface area contributed by atoms with Gasteiger partial charge < -0.3 is 14.2 Å². The molecular weight excluding hydrogens is 320 g/mol. The number of fused-ring (bicyclic) bond motifs is 1. The lowest BCUT2D eigenvalue weighted by atomic mass is 10.1. The van der Waals surface area contributed by atoms with Crippen LogP contribution in [0.2, 0.25) is 0 Å². The lowest BCUT2D eigenvalue weighted by Crippen LogP contribution is -2.48. The summed E-state index contributed by atoms with van der Waals surface area (Å²) in [6.07, 6.45) is 1.38. The molecule has 1 atom stereocenters. The fraction of sp³-hybridized carbons (Fsp3) is 0.421. The number of benzene rings is 1.